The average molecular weight is 1100 g/mol. The first-order valence-electron chi connectivity index (χ1n) is 22.5. The van der Waals surface area contributed by atoms with Crippen LogP contribution < -0.4 is 27.5 Å². The number of para-hydroxylation sites is 3. The average Bonchev–Trinajstić information content (AvgIpc) is 4.15. The van der Waals surface area contributed by atoms with Crippen molar-refractivity contribution in [1.29, 1.82) is 0 Å². The van der Waals surface area contributed by atoms with Crippen LogP contribution in [-0.4, -0.2) is 27.5 Å². The van der Waals surface area contributed by atoms with Crippen molar-refractivity contribution >= 4 is 130 Å². The van der Waals surface area contributed by atoms with Crippen LogP contribution in [0.5, 0.6) is 0 Å². The lowest BCUT2D eigenvalue weighted by molar-refractivity contribution is 0.0520. The van der Waals surface area contributed by atoms with Gasteiger partial charge in [-0.1, -0.05) is 94.7 Å². The first kappa shape index (κ1) is 51.5. The zero-order valence-corrected chi connectivity index (χ0v) is 44.5. The van der Waals surface area contributed by atoms with Crippen LogP contribution in [0.4, 0.5) is 22.2 Å². The molecule has 0 bridgehead atoms. The van der Waals surface area contributed by atoms with Gasteiger partial charge in [0.2, 0.25) is 0 Å². The van der Waals surface area contributed by atoms with Gasteiger partial charge in [-0.3, -0.25) is 0 Å². The maximum Gasteiger partial charge on any atom is 0.357 e. The van der Waals surface area contributed by atoms with Crippen molar-refractivity contribution in [3.05, 3.63) is 200 Å². The highest BCUT2D eigenvalue weighted by Gasteiger charge is 2.18. The third-order valence-corrected chi connectivity index (χ3v) is 14.4. The van der Waals surface area contributed by atoms with E-state index in [0.717, 1.165) is 27.1 Å². The molecule has 0 fully saturated rings. The molecule has 6 heterocycles. The molecule has 11 aromatic rings. The molecule has 0 saturated carbocycles. The quantitative estimate of drug-likeness (QED) is 0.103. The molecule has 372 valence electrons. The van der Waals surface area contributed by atoms with E-state index < -0.39 is 22.8 Å². The monoisotopic (exact) mass is 1100 g/mol. The lowest BCUT2D eigenvalue weighted by Gasteiger charge is -2.05. The van der Waals surface area contributed by atoms with E-state index in [1.807, 2.05) is 29.6 Å². The molecule has 13 nitrogen and oxygen atoms in total. The standard InChI is InChI=1S/2C20H15ClN2O2S.C15H10ClNO4S/c1-11-6-12(2)8-14(7-11)22-17-10-26-19(23-17)15-9-13-4-3-5-16(21)18(13)25-20(15)24;1-11-6-12(2)8-14(7-11)23-17-10-22-19(26-17)15-9-13-4-3-5-16(21)18(13)25-20(15)24;1-2-20-15(19)11-7-22-13(17-11)9-6-8-4-3-5-10(16)12(8)21-14(9)18/h3-10,22H,1-2H3;3-10,23H,1-2H3;3-7H,2H2,1H3. The Hall–Kier alpha value is -7.44. The molecule has 5 aromatic carbocycles. The molecular weight excluding hydrogens is 1060 g/mol. The minimum Gasteiger partial charge on any atom is -0.461 e. The van der Waals surface area contributed by atoms with E-state index in [0.29, 0.717) is 69.2 Å². The zero-order chi connectivity index (χ0) is 52.2. The second-order valence-electron chi connectivity index (χ2n) is 16.6. The van der Waals surface area contributed by atoms with Crippen LogP contribution >= 0.6 is 68.8 Å². The topological polar surface area (TPSA) is 180 Å². The molecule has 0 radical (unpaired) electrons. The molecule has 0 aliphatic rings. The number of nitrogens with one attached hydrogen (secondary N) is 2. The van der Waals surface area contributed by atoms with E-state index >= 15 is 0 Å². The fourth-order valence-electron chi connectivity index (χ4n) is 7.77. The van der Waals surface area contributed by atoms with Crippen LogP contribution in [-0.2, 0) is 4.74 Å². The lowest BCUT2D eigenvalue weighted by atomic mass is 10.1. The Morgan fingerprint density at radius 1 is 0.568 bits per heavy atom. The minimum absolute atomic E-state index is 0.174. The van der Waals surface area contributed by atoms with Crippen molar-refractivity contribution in [2.45, 2.75) is 34.6 Å². The van der Waals surface area contributed by atoms with Crippen molar-refractivity contribution in [2.24, 2.45) is 0 Å². The molecule has 11 rings (SSSR count). The smallest absolute Gasteiger partial charge is 0.357 e. The lowest BCUT2D eigenvalue weighted by Crippen LogP contribution is -2.06. The number of benzene rings is 5. The summed E-state index contributed by atoms with van der Waals surface area (Å²) in [5, 5.41) is 16.0. The summed E-state index contributed by atoms with van der Waals surface area (Å²) >= 11 is 22.2. The molecule has 0 amide bonds. The van der Waals surface area contributed by atoms with Crippen LogP contribution in [0.15, 0.2) is 154 Å². The van der Waals surface area contributed by atoms with Crippen molar-refractivity contribution in [3.8, 4) is 31.7 Å². The number of hydrogen-bond acceptors (Lipinski definition) is 16. The Labute approximate surface area is 448 Å². The van der Waals surface area contributed by atoms with Gasteiger partial charge in [-0.05, 0) is 118 Å². The Morgan fingerprint density at radius 3 is 1.47 bits per heavy atom. The summed E-state index contributed by atoms with van der Waals surface area (Å²) in [5.74, 6) is 0.179. The van der Waals surface area contributed by atoms with Gasteiger partial charge in [0.25, 0.3) is 0 Å². The second-order valence-corrected chi connectivity index (χ2v) is 20.6. The van der Waals surface area contributed by atoms with E-state index in [1.54, 1.807) is 67.0 Å². The number of thiazole rings is 3. The van der Waals surface area contributed by atoms with Crippen LogP contribution in [0.2, 0.25) is 15.1 Å². The van der Waals surface area contributed by atoms with Gasteiger partial charge in [0, 0.05) is 38.3 Å². The minimum atomic E-state index is -0.551. The highest BCUT2D eigenvalue weighted by Crippen LogP contribution is 2.34. The largest absolute Gasteiger partial charge is 0.461 e. The van der Waals surface area contributed by atoms with Crippen LogP contribution in [0.3, 0.4) is 0 Å². The van der Waals surface area contributed by atoms with E-state index in [9.17, 15) is 19.2 Å². The number of rotatable bonds is 9. The molecule has 0 atom stereocenters. The highest BCUT2D eigenvalue weighted by molar-refractivity contribution is 7.19. The molecular formula is C55H40Cl3N5O8S3. The zero-order valence-electron chi connectivity index (χ0n) is 39.8. The molecule has 0 spiro atoms. The number of ether oxygens (including phenoxy) is 1. The third kappa shape index (κ3) is 11.8. The number of anilines is 4. The Bertz CT molecular complexity index is 3880. The molecule has 19 heteroatoms. The van der Waals surface area contributed by atoms with Gasteiger partial charge >= 0.3 is 22.8 Å². The van der Waals surface area contributed by atoms with Crippen molar-refractivity contribution in [3.63, 3.8) is 0 Å². The van der Waals surface area contributed by atoms with Gasteiger partial charge < -0.3 is 28.6 Å². The van der Waals surface area contributed by atoms with Crippen LogP contribution in [0.25, 0.3) is 64.6 Å². The summed E-state index contributed by atoms with van der Waals surface area (Å²) in [4.78, 5) is 61.5. The second kappa shape index (κ2) is 22.4. The predicted octanol–water partition coefficient (Wildman–Crippen LogP) is 15.6. The van der Waals surface area contributed by atoms with Crippen molar-refractivity contribution < 1.29 is 22.8 Å². The summed E-state index contributed by atoms with van der Waals surface area (Å²) in [6, 6.07) is 33.6. The number of fused-ring (bicyclic) bond motifs is 3. The summed E-state index contributed by atoms with van der Waals surface area (Å²) in [7, 11) is 0. The Balaban J connectivity index is 0.000000137. The van der Waals surface area contributed by atoms with E-state index in [-0.39, 0.29) is 17.9 Å². The fourth-order valence-corrected chi connectivity index (χ4v) is 10.8. The van der Waals surface area contributed by atoms with Gasteiger partial charge in [-0.15, -0.1) is 22.7 Å². The Morgan fingerprint density at radius 2 is 1.00 bits per heavy atom. The maximum atomic E-state index is 12.4. The maximum absolute atomic E-state index is 12.4. The van der Waals surface area contributed by atoms with Gasteiger partial charge in [0.1, 0.15) is 25.8 Å². The molecule has 2 N–H and O–H groups in total. The number of nitrogens with zero attached hydrogens (tertiary/aromatic N) is 3. The first-order chi connectivity index (χ1) is 35.6. The van der Waals surface area contributed by atoms with E-state index in [2.05, 4.69) is 89.7 Å². The summed E-state index contributed by atoms with van der Waals surface area (Å²) in [6.45, 7) is 10.2. The molecule has 0 aliphatic heterocycles. The number of esters is 1. The number of aryl methyl sites for hydroxylation is 4. The molecule has 74 heavy (non-hydrogen) atoms. The van der Waals surface area contributed by atoms with Gasteiger partial charge in [0.15, 0.2) is 22.4 Å². The highest BCUT2D eigenvalue weighted by atomic mass is 35.5. The van der Waals surface area contributed by atoms with Gasteiger partial charge in [-0.2, -0.15) is 0 Å². The molecule has 0 saturated heterocycles. The number of aromatic nitrogens is 3. The summed E-state index contributed by atoms with van der Waals surface area (Å²) in [6.07, 6.45) is 1.72. The SMILES string of the molecule is CCOC(=O)c1csc(-c2cc3cccc(Cl)c3oc2=O)n1.Cc1cc(C)cc(Nc2cnc(-c3cc4cccc(Cl)c4oc3=O)s2)c1.Cc1cc(C)cc(Nc2csc(-c3cc4cccc(Cl)c4oc3=O)n2)c1. The Kier molecular flexibility index (Phi) is 15.5. The van der Waals surface area contributed by atoms with Crippen LogP contribution in [0.1, 0.15) is 39.7 Å². The van der Waals surface area contributed by atoms with E-state index in [4.69, 9.17) is 52.8 Å². The number of hydrogen-bond donors (Lipinski definition) is 2. The summed E-state index contributed by atoms with van der Waals surface area (Å²) < 4.78 is 20.9. The van der Waals surface area contributed by atoms with Gasteiger partial charge in [0.05, 0.1) is 44.6 Å². The first-order valence-corrected chi connectivity index (χ1v) is 26.2. The fraction of sp³-hybridized carbons (Fsp3) is 0.109. The molecule has 6 aromatic heterocycles. The third-order valence-electron chi connectivity index (χ3n) is 10.8. The number of halogens is 3. The van der Waals surface area contributed by atoms with Crippen molar-refractivity contribution in [2.75, 3.05) is 17.2 Å². The van der Waals surface area contributed by atoms with E-state index in [1.165, 1.54) is 56.3 Å². The molecule has 0 unspecified atom stereocenters. The van der Waals surface area contributed by atoms with Crippen molar-refractivity contribution in [1.82, 2.24) is 15.0 Å². The normalized spacial score (nSPS) is 11.0. The number of carbonyl (C=O) groups excluding carboxylic acids is 1. The van der Waals surface area contributed by atoms with Crippen LogP contribution in [0, 0.1) is 27.7 Å². The predicted molar refractivity (Wildman–Crippen MR) is 300 cm³/mol. The summed E-state index contributed by atoms with van der Waals surface area (Å²) in [5.41, 5.74) is 7.69. The van der Waals surface area contributed by atoms with Gasteiger partial charge in [-0.25, -0.2) is 34.1 Å². The number of carbonyl (C=O) groups is 1. The molecule has 0 aliphatic carbocycles.